The summed E-state index contributed by atoms with van der Waals surface area (Å²) in [5, 5.41) is 0.729. The van der Waals surface area contributed by atoms with E-state index in [9.17, 15) is 4.79 Å². The van der Waals surface area contributed by atoms with Crippen LogP contribution in [-0.4, -0.2) is 36.8 Å². The van der Waals surface area contributed by atoms with Gasteiger partial charge in [0.1, 0.15) is 5.75 Å². The van der Waals surface area contributed by atoms with Gasteiger partial charge in [0.05, 0.1) is 29.5 Å². The molecule has 3 aromatic rings. The Hall–Kier alpha value is -2.44. The van der Waals surface area contributed by atoms with E-state index in [1.807, 2.05) is 31.2 Å². The highest BCUT2D eigenvalue weighted by molar-refractivity contribution is 7.22. The summed E-state index contributed by atoms with van der Waals surface area (Å²) >= 11 is 1.58. The molecule has 1 aliphatic rings. The van der Waals surface area contributed by atoms with Gasteiger partial charge in [-0.25, -0.2) is 4.98 Å². The van der Waals surface area contributed by atoms with Gasteiger partial charge in [-0.2, -0.15) is 0 Å². The van der Waals surface area contributed by atoms with Gasteiger partial charge in [0.25, 0.3) is 5.91 Å². The third kappa shape index (κ3) is 4.14. The molecule has 1 unspecified atom stereocenters. The summed E-state index contributed by atoms with van der Waals surface area (Å²) in [5.74, 6) is 0.707. The van der Waals surface area contributed by atoms with Gasteiger partial charge in [-0.3, -0.25) is 9.69 Å². The molecule has 29 heavy (non-hydrogen) atoms. The molecule has 0 aliphatic carbocycles. The number of nitrogens with zero attached hydrogens (tertiary/aromatic N) is 2. The minimum Gasteiger partial charge on any atom is -0.494 e. The minimum absolute atomic E-state index is 0.0517. The smallest absolute Gasteiger partial charge is 0.260 e. The van der Waals surface area contributed by atoms with Crippen LogP contribution in [0.1, 0.15) is 41.3 Å². The molecular formula is C23H26N2O3S. The minimum atomic E-state index is -0.0575. The van der Waals surface area contributed by atoms with Crippen LogP contribution in [-0.2, 0) is 4.74 Å². The molecule has 5 nitrogen and oxygen atoms in total. The predicted octanol–water partition coefficient (Wildman–Crippen LogP) is 5.14. The summed E-state index contributed by atoms with van der Waals surface area (Å²) < 4.78 is 12.5. The zero-order chi connectivity index (χ0) is 20.4. The monoisotopic (exact) mass is 410 g/mol. The van der Waals surface area contributed by atoms with Crippen LogP contribution in [0.25, 0.3) is 10.2 Å². The molecule has 0 radical (unpaired) electrons. The van der Waals surface area contributed by atoms with E-state index in [1.165, 1.54) is 5.56 Å². The maximum atomic E-state index is 13.4. The number of anilines is 1. The maximum Gasteiger partial charge on any atom is 0.260 e. The van der Waals surface area contributed by atoms with Crippen LogP contribution in [0.2, 0.25) is 0 Å². The van der Waals surface area contributed by atoms with Crippen molar-refractivity contribution in [1.82, 2.24) is 4.98 Å². The van der Waals surface area contributed by atoms with Crippen molar-refractivity contribution < 1.29 is 14.3 Å². The van der Waals surface area contributed by atoms with E-state index in [4.69, 9.17) is 14.5 Å². The number of thiazole rings is 1. The van der Waals surface area contributed by atoms with Crippen molar-refractivity contribution >= 4 is 32.6 Å². The Labute approximate surface area is 175 Å². The predicted molar refractivity (Wildman–Crippen MR) is 117 cm³/mol. The van der Waals surface area contributed by atoms with Gasteiger partial charge in [-0.1, -0.05) is 23.5 Å². The molecule has 0 saturated carbocycles. The quantitative estimate of drug-likeness (QED) is 0.565. The number of amides is 1. The van der Waals surface area contributed by atoms with Gasteiger partial charge in [-0.15, -0.1) is 0 Å². The fourth-order valence-electron chi connectivity index (χ4n) is 3.62. The topological polar surface area (TPSA) is 51.7 Å². The number of hydrogen-bond acceptors (Lipinski definition) is 5. The zero-order valence-corrected chi connectivity index (χ0v) is 17.9. The van der Waals surface area contributed by atoms with E-state index in [0.29, 0.717) is 18.7 Å². The van der Waals surface area contributed by atoms with Gasteiger partial charge in [0.2, 0.25) is 0 Å². The Bertz CT molecular complexity index is 968. The standard InChI is InChI=1S/C23H26N2O3S/c1-4-27-18-11-9-17(10-12-18)22(26)25(14-19-6-5-13-28-19)23-24-20-15(2)7-8-16(3)21(20)29-23/h7-12,19H,4-6,13-14H2,1-3H3. The van der Waals surface area contributed by atoms with Crippen molar-refractivity contribution in [2.24, 2.45) is 0 Å². The second-order valence-electron chi connectivity index (χ2n) is 7.38. The van der Waals surface area contributed by atoms with Gasteiger partial charge >= 0.3 is 0 Å². The molecule has 1 amide bonds. The van der Waals surface area contributed by atoms with Crippen molar-refractivity contribution in [3.05, 3.63) is 53.1 Å². The molecule has 4 rings (SSSR count). The Morgan fingerprint density at radius 1 is 1.21 bits per heavy atom. The fraction of sp³-hybridized carbons (Fsp3) is 0.391. The average Bonchev–Trinajstić information content (AvgIpc) is 3.40. The summed E-state index contributed by atoms with van der Waals surface area (Å²) in [4.78, 5) is 20.1. The van der Waals surface area contributed by atoms with Crippen molar-refractivity contribution in [3.63, 3.8) is 0 Å². The number of aryl methyl sites for hydroxylation is 2. The third-order valence-electron chi connectivity index (χ3n) is 5.23. The fourth-order valence-corrected chi connectivity index (χ4v) is 4.74. The number of ether oxygens (including phenoxy) is 2. The lowest BCUT2D eigenvalue weighted by Crippen LogP contribution is -2.37. The number of hydrogen-bond donors (Lipinski definition) is 0. The van der Waals surface area contributed by atoms with Gasteiger partial charge < -0.3 is 9.47 Å². The molecule has 1 aromatic heterocycles. The molecular weight excluding hydrogens is 384 g/mol. The molecule has 0 bridgehead atoms. The zero-order valence-electron chi connectivity index (χ0n) is 17.1. The molecule has 1 saturated heterocycles. The van der Waals surface area contributed by atoms with Crippen LogP contribution in [0.3, 0.4) is 0 Å². The first-order valence-electron chi connectivity index (χ1n) is 10.1. The van der Waals surface area contributed by atoms with E-state index in [2.05, 4.69) is 26.0 Å². The van der Waals surface area contributed by atoms with Gasteiger partial charge in [0.15, 0.2) is 5.13 Å². The lowest BCUT2D eigenvalue weighted by atomic mass is 10.1. The molecule has 1 atom stereocenters. The van der Waals surface area contributed by atoms with E-state index in [1.54, 1.807) is 16.2 Å². The van der Waals surface area contributed by atoms with Crippen molar-refractivity contribution in [3.8, 4) is 5.75 Å². The van der Waals surface area contributed by atoms with Crippen molar-refractivity contribution in [2.45, 2.75) is 39.7 Å². The maximum absolute atomic E-state index is 13.4. The van der Waals surface area contributed by atoms with Crippen LogP contribution in [0, 0.1) is 13.8 Å². The lowest BCUT2D eigenvalue weighted by Gasteiger charge is -2.23. The SMILES string of the molecule is CCOc1ccc(C(=O)N(CC2CCCO2)c2nc3c(C)ccc(C)c3s2)cc1. The van der Waals surface area contributed by atoms with Crippen LogP contribution in [0.15, 0.2) is 36.4 Å². The highest BCUT2D eigenvalue weighted by Crippen LogP contribution is 2.34. The average molecular weight is 411 g/mol. The Kier molecular flexibility index (Phi) is 5.83. The third-order valence-corrected chi connectivity index (χ3v) is 6.44. The molecule has 2 heterocycles. The molecule has 1 fully saturated rings. The van der Waals surface area contributed by atoms with Crippen LogP contribution >= 0.6 is 11.3 Å². The molecule has 0 spiro atoms. The number of aromatic nitrogens is 1. The van der Waals surface area contributed by atoms with Gasteiger partial charge in [0, 0.05) is 12.2 Å². The first-order chi connectivity index (χ1) is 14.1. The summed E-state index contributed by atoms with van der Waals surface area (Å²) in [6.07, 6.45) is 2.06. The number of carbonyl (C=O) groups is 1. The Balaban J connectivity index is 1.70. The number of carbonyl (C=O) groups excluding carboxylic acids is 1. The van der Waals surface area contributed by atoms with Gasteiger partial charge in [-0.05, 0) is 69.0 Å². The normalized spacial score (nSPS) is 16.3. The Morgan fingerprint density at radius 2 is 1.97 bits per heavy atom. The van der Waals surface area contributed by atoms with Crippen LogP contribution < -0.4 is 9.64 Å². The summed E-state index contributed by atoms with van der Waals surface area (Å²) in [7, 11) is 0. The molecule has 152 valence electrons. The molecule has 2 aromatic carbocycles. The van der Waals surface area contributed by atoms with E-state index in [-0.39, 0.29) is 12.0 Å². The van der Waals surface area contributed by atoms with E-state index < -0.39 is 0 Å². The summed E-state index contributed by atoms with van der Waals surface area (Å²) in [6, 6.07) is 11.5. The lowest BCUT2D eigenvalue weighted by molar-refractivity contribution is 0.0917. The highest BCUT2D eigenvalue weighted by atomic mass is 32.1. The molecule has 0 N–H and O–H groups in total. The first kappa shape index (κ1) is 19.9. The molecule has 1 aliphatic heterocycles. The molecule has 6 heteroatoms. The van der Waals surface area contributed by atoms with Crippen molar-refractivity contribution in [1.29, 1.82) is 0 Å². The first-order valence-corrected chi connectivity index (χ1v) is 10.9. The van der Waals surface area contributed by atoms with Crippen LogP contribution in [0.5, 0.6) is 5.75 Å². The number of rotatable bonds is 6. The highest BCUT2D eigenvalue weighted by Gasteiger charge is 2.27. The van der Waals surface area contributed by atoms with E-state index >= 15 is 0 Å². The summed E-state index contributed by atoms with van der Waals surface area (Å²) in [6.45, 7) is 7.96. The largest absolute Gasteiger partial charge is 0.494 e. The number of fused-ring (bicyclic) bond motifs is 1. The van der Waals surface area contributed by atoms with E-state index in [0.717, 1.165) is 46.1 Å². The summed E-state index contributed by atoms with van der Waals surface area (Å²) in [5.41, 5.74) is 3.90. The van der Waals surface area contributed by atoms with Crippen molar-refractivity contribution in [2.75, 3.05) is 24.7 Å². The van der Waals surface area contributed by atoms with Crippen LogP contribution in [0.4, 0.5) is 5.13 Å². The second-order valence-corrected chi connectivity index (χ2v) is 8.36. The number of benzene rings is 2. The second kappa shape index (κ2) is 8.51. The Morgan fingerprint density at radius 3 is 2.62 bits per heavy atom.